The number of benzene rings is 1. The molecule has 0 bridgehead atoms. The molecule has 6 heteroatoms. The van der Waals surface area contributed by atoms with E-state index in [1.165, 1.54) is 0 Å². The number of allylic oxidation sites excluding steroid dienone is 2. The molecular weight excluding hydrogens is 402 g/mol. The molecule has 6 nitrogen and oxygen atoms in total. The zero-order chi connectivity index (χ0) is 23.7. The van der Waals surface area contributed by atoms with Crippen molar-refractivity contribution in [3.63, 3.8) is 0 Å². The van der Waals surface area contributed by atoms with E-state index in [4.69, 9.17) is 9.72 Å². The van der Waals surface area contributed by atoms with Gasteiger partial charge in [0.15, 0.2) is 0 Å². The maximum absolute atomic E-state index is 12.8. The van der Waals surface area contributed by atoms with E-state index in [1.54, 1.807) is 0 Å². The summed E-state index contributed by atoms with van der Waals surface area (Å²) in [4.78, 5) is 19.8. The Morgan fingerprint density at radius 2 is 2.00 bits per heavy atom. The summed E-state index contributed by atoms with van der Waals surface area (Å²) in [7, 11) is 7.83. The number of aryl methyl sites for hydroxylation is 1. The number of hydrogen-bond donors (Lipinski definition) is 2. The quantitative estimate of drug-likeness (QED) is 0.593. The molecule has 2 aromatic rings. The first-order valence-corrected chi connectivity index (χ1v) is 11.2. The zero-order valence-electron chi connectivity index (χ0n) is 20.2. The van der Waals surface area contributed by atoms with Crippen LogP contribution in [-0.4, -0.2) is 40.7 Å². The molecule has 1 heterocycles. The number of nitrogens with one attached hydrogen (secondary N) is 1. The lowest BCUT2D eigenvalue weighted by molar-refractivity contribution is -0.194. The van der Waals surface area contributed by atoms with Crippen LogP contribution < -0.4 is 5.32 Å². The van der Waals surface area contributed by atoms with Crippen molar-refractivity contribution in [1.29, 1.82) is 0 Å². The number of carboxylic acids is 1. The Morgan fingerprint density at radius 3 is 2.53 bits per heavy atom. The van der Waals surface area contributed by atoms with Crippen LogP contribution in [0.2, 0.25) is 0 Å². The smallest absolute Gasteiger partial charge is 0.356 e. The van der Waals surface area contributed by atoms with Crippen LogP contribution in [0.4, 0.5) is 0 Å². The Bertz CT molecular complexity index is 1040. The molecule has 0 fully saturated rings. The summed E-state index contributed by atoms with van der Waals surface area (Å²) >= 11 is 0. The molecule has 0 unspecified atom stereocenters. The fourth-order valence-electron chi connectivity index (χ4n) is 4.57. The molecule has 32 heavy (non-hydrogen) atoms. The van der Waals surface area contributed by atoms with E-state index in [2.05, 4.69) is 29.4 Å². The van der Waals surface area contributed by atoms with E-state index >= 15 is 0 Å². The lowest BCUT2D eigenvalue weighted by Crippen LogP contribution is -2.53. The fraction of sp³-hybridized carbons (Fsp3) is 0.500. The van der Waals surface area contributed by atoms with Gasteiger partial charge in [-0.25, -0.2) is 4.79 Å². The molecule has 1 aromatic heterocycles. The summed E-state index contributed by atoms with van der Waals surface area (Å²) in [5, 5.41) is 14.2. The highest BCUT2D eigenvalue weighted by molar-refractivity contribution is 5.97. The van der Waals surface area contributed by atoms with Gasteiger partial charge in [-0.15, -0.1) is 0 Å². The summed E-state index contributed by atoms with van der Waals surface area (Å²) < 4.78 is 6.23. The number of carboxylic acid groups (broad SMARTS) is 1. The van der Waals surface area contributed by atoms with Gasteiger partial charge in [0, 0.05) is 24.5 Å². The Hall–Kier alpha value is -2.28. The Morgan fingerprint density at radius 1 is 1.28 bits per heavy atom. The third-order valence-electron chi connectivity index (χ3n) is 5.70. The van der Waals surface area contributed by atoms with Crippen molar-refractivity contribution < 1.29 is 14.6 Å². The number of ether oxygens (including phenoxy) is 1. The predicted octanol–water partition coefficient (Wildman–Crippen LogP) is 5.00. The maximum atomic E-state index is 12.8. The van der Waals surface area contributed by atoms with Crippen LogP contribution in [-0.2, 0) is 21.8 Å². The van der Waals surface area contributed by atoms with Gasteiger partial charge in [-0.05, 0) is 96.3 Å². The molecule has 0 aliphatic heterocycles. The average molecular weight is 439 g/mol. The summed E-state index contributed by atoms with van der Waals surface area (Å²) in [5.74, 6) is -1.11. The van der Waals surface area contributed by atoms with Gasteiger partial charge in [-0.3, -0.25) is 10.3 Å². The topological polar surface area (TPSA) is 74.7 Å². The average Bonchev–Trinajstić information content (AvgIpc) is 2.70. The lowest BCUT2D eigenvalue weighted by Gasteiger charge is -2.39. The van der Waals surface area contributed by atoms with Crippen LogP contribution in [0, 0.1) is 14.0 Å². The van der Waals surface area contributed by atoms with Crippen LogP contribution in [0.1, 0.15) is 68.8 Å². The standard InChI is InChI=1S/C26H36N3O3/c1-17-15-21-20(14-13-19(28-21)16-29(6)7)22(18-11-9-8-10-12-18)23(17)26(27-5,24(30)31)32-25(2,3)4/h11,13-15,27H,5,8-10,12,16H2,1-4,6-7H3,(H,30,31)/t26-/m0/s1. The van der Waals surface area contributed by atoms with Gasteiger partial charge in [-0.1, -0.05) is 12.1 Å². The first-order valence-electron chi connectivity index (χ1n) is 11.2. The van der Waals surface area contributed by atoms with Gasteiger partial charge >= 0.3 is 5.97 Å². The van der Waals surface area contributed by atoms with Crippen molar-refractivity contribution in [3.05, 3.63) is 53.7 Å². The van der Waals surface area contributed by atoms with Crippen molar-refractivity contribution in [2.45, 2.75) is 71.2 Å². The monoisotopic (exact) mass is 438 g/mol. The molecule has 1 atom stereocenters. The molecule has 0 spiro atoms. The van der Waals surface area contributed by atoms with Gasteiger partial charge in [0.05, 0.1) is 16.8 Å². The third-order valence-corrected chi connectivity index (χ3v) is 5.70. The van der Waals surface area contributed by atoms with E-state index in [-0.39, 0.29) is 0 Å². The minimum absolute atomic E-state index is 0.609. The molecule has 2 N–H and O–H groups in total. The number of carbonyl (C=O) groups is 1. The lowest BCUT2D eigenvalue weighted by atomic mass is 9.82. The molecule has 1 aromatic carbocycles. The number of pyridine rings is 1. The Balaban J connectivity index is 2.39. The zero-order valence-corrected chi connectivity index (χ0v) is 20.2. The van der Waals surface area contributed by atoms with Crippen molar-refractivity contribution in [2.24, 2.45) is 0 Å². The van der Waals surface area contributed by atoms with Crippen LogP contribution in [0.25, 0.3) is 16.5 Å². The van der Waals surface area contributed by atoms with Gasteiger partial charge in [-0.2, -0.15) is 0 Å². The molecule has 1 radical (unpaired) electrons. The molecule has 1 aliphatic carbocycles. The van der Waals surface area contributed by atoms with E-state index in [9.17, 15) is 9.90 Å². The highest BCUT2D eigenvalue weighted by Crippen LogP contribution is 2.42. The van der Waals surface area contributed by atoms with E-state index in [0.717, 1.165) is 65.5 Å². The second-order valence-electron chi connectivity index (χ2n) is 9.90. The number of nitrogens with zero attached hydrogens (tertiary/aromatic N) is 2. The van der Waals surface area contributed by atoms with Crippen molar-refractivity contribution in [3.8, 4) is 0 Å². The van der Waals surface area contributed by atoms with E-state index in [1.807, 2.05) is 53.9 Å². The Kier molecular flexibility index (Phi) is 7.08. The largest absolute Gasteiger partial charge is 0.478 e. The second kappa shape index (κ2) is 9.30. The van der Waals surface area contributed by atoms with Crippen molar-refractivity contribution in [1.82, 2.24) is 15.2 Å². The number of fused-ring (bicyclic) bond motifs is 1. The highest BCUT2D eigenvalue weighted by Gasteiger charge is 2.47. The van der Waals surface area contributed by atoms with Crippen molar-refractivity contribution in [2.75, 3.05) is 14.1 Å². The van der Waals surface area contributed by atoms with Crippen LogP contribution in [0.5, 0.6) is 0 Å². The van der Waals surface area contributed by atoms with E-state index in [0.29, 0.717) is 5.56 Å². The van der Waals surface area contributed by atoms with Gasteiger partial charge < -0.3 is 14.7 Å². The van der Waals surface area contributed by atoms with Gasteiger partial charge in [0.2, 0.25) is 5.72 Å². The summed E-state index contributed by atoms with van der Waals surface area (Å²) in [5.41, 5.74) is 2.83. The summed E-state index contributed by atoms with van der Waals surface area (Å²) in [6.45, 7) is 8.23. The molecule has 0 saturated carbocycles. The molecule has 1 aliphatic rings. The fourth-order valence-corrected chi connectivity index (χ4v) is 4.57. The number of aliphatic carboxylic acids is 1. The SMILES string of the molecule is [CH2]N[C@@](OC(C)(C)C)(C(=O)O)c1c(C)cc2nc(CN(C)C)ccc2c1C1=CCCCC1. The number of aromatic nitrogens is 1. The van der Waals surface area contributed by atoms with E-state index < -0.39 is 17.3 Å². The first kappa shape index (κ1) is 24.4. The summed E-state index contributed by atoms with van der Waals surface area (Å²) in [6.07, 6.45) is 6.33. The second-order valence-corrected chi connectivity index (χ2v) is 9.90. The minimum atomic E-state index is -1.79. The molecule has 0 saturated heterocycles. The molecule has 173 valence electrons. The van der Waals surface area contributed by atoms with Gasteiger partial charge in [0.1, 0.15) is 0 Å². The molecular formula is C26H36N3O3. The van der Waals surface area contributed by atoms with Crippen molar-refractivity contribution >= 4 is 22.4 Å². The van der Waals surface area contributed by atoms with Crippen LogP contribution >= 0.6 is 0 Å². The molecule has 3 rings (SSSR count). The van der Waals surface area contributed by atoms with Gasteiger partial charge in [0.25, 0.3) is 0 Å². The number of rotatable bonds is 7. The summed E-state index contributed by atoms with van der Waals surface area (Å²) in [6, 6.07) is 6.07. The molecule has 0 amide bonds. The first-order chi connectivity index (χ1) is 15.0. The van der Waals surface area contributed by atoms with Crippen LogP contribution in [0.15, 0.2) is 24.3 Å². The maximum Gasteiger partial charge on any atom is 0.356 e. The minimum Gasteiger partial charge on any atom is -0.478 e. The Labute approximate surface area is 191 Å². The third kappa shape index (κ3) is 4.87. The normalized spacial score (nSPS) is 16.8. The predicted molar refractivity (Wildman–Crippen MR) is 129 cm³/mol. The highest BCUT2D eigenvalue weighted by atomic mass is 16.6. The number of hydrogen-bond acceptors (Lipinski definition) is 5. The van der Waals surface area contributed by atoms with Crippen LogP contribution in [0.3, 0.4) is 0 Å².